The number of nitrogens with one attached hydrogen (secondary N) is 2. The average molecular weight is 435 g/mol. The second-order valence-corrected chi connectivity index (χ2v) is 6.49. The molecule has 9 nitrogen and oxygen atoms in total. The first kappa shape index (κ1) is 22.3. The monoisotopic (exact) mass is 435 g/mol. The predicted octanol–water partition coefficient (Wildman–Crippen LogP) is 3.88. The molecule has 164 valence electrons. The van der Waals surface area contributed by atoms with Gasteiger partial charge in [0.1, 0.15) is 6.61 Å². The summed E-state index contributed by atoms with van der Waals surface area (Å²) < 4.78 is 15.2. The molecular formula is C23H21N3O6. The molecule has 0 radical (unpaired) electrons. The van der Waals surface area contributed by atoms with Crippen LogP contribution >= 0.6 is 0 Å². The molecule has 3 aromatic rings. The van der Waals surface area contributed by atoms with Gasteiger partial charge in [0.25, 0.3) is 0 Å². The highest BCUT2D eigenvalue weighted by Gasteiger charge is 2.16. The second kappa shape index (κ2) is 10.6. The van der Waals surface area contributed by atoms with Crippen molar-refractivity contribution in [3.8, 4) is 5.75 Å². The number of pyridine rings is 1. The molecule has 1 heterocycles. The number of hydrogen-bond acceptors (Lipinski definition) is 7. The Bertz CT molecular complexity index is 1080. The van der Waals surface area contributed by atoms with E-state index in [0.29, 0.717) is 12.4 Å². The first-order valence-electron chi connectivity index (χ1n) is 9.51. The van der Waals surface area contributed by atoms with Crippen LogP contribution in [0.25, 0.3) is 0 Å². The third kappa shape index (κ3) is 5.82. The van der Waals surface area contributed by atoms with Gasteiger partial charge in [-0.25, -0.2) is 19.4 Å². The Morgan fingerprint density at radius 3 is 2.12 bits per heavy atom. The van der Waals surface area contributed by atoms with Crippen molar-refractivity contribution in [1.82, 2.24) is 4.98 Å². The number of hydrogen-bond donors (Lipinski definition) is 2. The fourth-order valence-corrected chi connectivity index (χ4v) is 2.78. The van der Waals surface area contributed by atoms with Gasteiger partial charge in [-0.05, 0) is 35.9 Å². The number of methoxy groups -OCH3 is 2. The summed E-state index contributed by atoms with van der Waals surface area (Å²) in [5, 5.41) is 5.17. The van der Waals surface area contributed by atoms with Crippen molar-refractivity contribution in [1.29, 1.82) is 0 Å². The lowest BCUT2D eigenvalue weighted by atomic mass is 10.1. The highest BCUT2D eigenvalue weighted by atomic mass is 16.5. The van der Waals surface area contributed by atoms with Gasteiger partial charge in [0.15, 0.2) is 11.6 Å². The Hall–Kier alpha value is -4.40. The van der Waals surface area contributed by atoms with Crippen molar-refractivity contribution in [2.24, 2.45) is 0 Å². The number of esters is 2. The normalized spacial score (nSPS) is 10.1. The maximum atomic E-state index is 12.6. The maximum absolute atomic E-state index is 12.6. The summed E-state index contributed by atoms with van der Waals surface area (Å²) in [6, 6.07) is 16.3. The zero-order chi connectivity index (χ0) is 22.9. The minimum Gasteiger partial charge on any atom is -0.485 e. The summed E-state index contributed by atoms with van der Waals surface area (Å²) in [7, 11) is 2.43. The number of carbonyl (C=O) groups excluding carboxylic acids is 3. The van der Waals surface area contributed by atoms with Crippen molar-refractivity contribution in [3.05, 3.63) is 83.6 Å². The number of nitrogens with zero attached hydrogens (tertiary/aromatic N) is 1. The molecule has 0 aliphatic carbocycles. The van der Waals surface area contributed by atoms with Crippen LogP contribution in [0.2, 0.25) is 0 Å². The number of amides is 2. The number of aromatic nitrogens is 1. The zero-order valence-corrected chi connectivity index (χ0v) is 17.5. The van der Waals surface area contributed by atoms with Crippen LogP contribution in [0.15, 0.2) is 66.9 Å². The topological polar surface area (TPSA) is 116 Å². The molecule has 0 unspecified atom stereocenters. The third-order valence-electron chi connectivity index (χ3n) is 4.27. The van der Waals surface area contributed by atoms with Crippen LogP contribution in [-0.4, -0.2) is 37.2 Å². The number of rotatable bonds is 7. The fourth-order valence-electron chi connectivity index (χ4n) is 2.78. The van der Waals surface area contributed by atoms with Gasteiger partial charge >= 0.3 is 18.0 Å². The Morgan fingerprint density at radius 2 is 1.50 bits per heavy atom. The van der Waals surface area contributed by atoms with Crippen molar-refractivity contribution in [3.63, 3.8) is 0 Å². The van der Waals surface area contributed by atoms with E-state index in [-0.39, 0.29) is 22.6 Å². The number of urea groups is 1. The van der Waals surface area contributed by atoms with Crippen LogP contribution in [0.4, 0.5) is 16.3 Å². The van der Waals surface area contributed by atoms with Crippen LogP contribution in [0.1, 0.15) is 26.3 Å². The summed E-state index contributed by atoms with van der Waals surface area (Å²) in [5.74, 6) is -0.746. The van der Waals surface area contributed by atoms with Gasteiger partial charge in [0.05, 0.1) is 25.3 Å². The Kier molecular flexibility index (Phi) is 7.37. The zero-order valence-electron chi connectivity index (χ0n) is 17.5. The van der Waals surface area contributed by atoms with Crippen LogP contribution in [0.5, 0.6) is 5.75 Å². The lowest BCUT2D eigenvalue weighted by Gasteiger charge is -2.13. The van der Waals surface area contributed by atoms with Crippen molar-refractivity contribution < 1.29 is 28.6 Å². The molecule has 2 N–H and O–H groups in total. The van der Waals surface area contributed by atoms with Crippen LogP contribution in [0, 0.1) is 0 Å². The lowest BCUT2D eigenvalue weighted by Crippen LogP contribution is -2.21. The molecular weight excluding hydrogens is 414 g/mol. The molecule has 0 atom stereocenters. The lowest BCUT2D eigenvalue weighted by molar-refractivity contribution is 0.0599. The van der Waals surface area contributed by atoms with E-state index in [2.05, 4.69) is 15.6 Å². The smallest absolute Gasteiger partial charge is 0.337 e. The molecule has 0 fully saturated rings. The van der Waals surface area contributed by atoms with Crippen molar-refractivity contribution >= 4 is 29.5 Å². The first-order valence-corrected chi connectivity index (χ1v) is 9.51. The Balaban J connectivity index is 1.74. The predicted molar refractivity (Wildman–Crippen MR) is 117 cm³/mol. The molecule has 0 saturated heterocycles. The van der Waals surface area contributed by atoms with E-state index in [4.69, 9.17) is 14.2 Å². The molecule has 32 heavy (non-hydrogen) atoms. The number of carbonyl (C=O) groups is 3. The summed E-state index contributed by atoms with van der Waals surface area (Å²) in [6.07, 6.45) is 1.51. The summed E-state index contributed by atoms with van der Waals surface area (Å²) in [6.45, 7) is 0.298. The molecule has 2 aromatic carbocycles. The van der Waals surface area contributed by atoms with Gasteiger partial charge in [-0.2, -0.15) is 0 Å². The second-order valence-electron chi connectivity index (χ2n) is 6.49. The summed E-state index contributed by atoms with van der Waals surface area (Å²) in [4.78, 5) is 40.5. The molecule has 0 aliphatic heterocycles. The Labute approximate surface area is 184 Å². The number of anilines is 2. The molecule has 1 aromatic heterocycles. The molecule has 0 saturated carbocycles. The quantitative estimate of drug-likeness (QED) is 0.541. The minimum atomic E-state index is -0.666. The van der Waals surface area contributed by atoms with E-state index in [1.807, 2.05) is 30.3 Å². The molecule has 0 bridgehead atoms. The molecule has 2 amide bonds. The highest BCUT2D eigenvalue weighted by Crippen LogP contribution is 2.23. The van der Waals surface area contributed by atoms with Crippen molar-refractivity contribution in [2.75, 3.05) is 24.9 Å². The van der Waals surface area contributed by atoms with Crippen LogP contribution < -0.4 is 15.4 Å². The third-order valence-corrected chi connectivity index (χ3v) is 4.27. The number of benzene rings is 2. The molecule has 0 aliphatic rings. The van der Waals surface area contributed by atoms with Gasteiger partial charge in [-0.1, -0.05) is 30.3 Å². The van der Waals surface area contributed by atoms with Gasteiger partial charge in [-0.15, -0.1) is 0 Å². The highest BCUT2D eigenvalue weighted by molar-refractivity contribution is 6.03. The van der Waals surface area contributed by atoms with E-state index < -0.39 is 18.0 Å². The summed E-state index contributed by atoms with van der Waals surface area (Å²) in [5.41, 5.74) is 1.31. The molecule has 3 rings (SSSR count). The van der Waals surface area contributed by atoms with Gasteiger partial charge in [-0.3, -0.25) is 5.32 Å². The minimum absolute atomic E-state index is 0.0791. The molecule has 9 heteroatoms. The maximum Gasteiger partial charge on any atom is 0.337 e. The Morgan fingerprint density at radius 1 is 0.844 bits per heavy atom. The van der Waals surface area contributed by atoms with E-state index in [9.17, 15) is 14.4 Å². The van der Waals surface area contributed by atoms with Gasteiger partial charge in [0.2, 0.25) is 0 Å². The first-order chi connectivity index (χ1) is 15.5. The van der Waals surface area contributed by atoms with Crippen LogP contribution in [-0.2, 0) is 16.1 Å². The molecule has 0 spiro atoms. The number of ether oxygens (including phenoxy) is 3. The SMILES string of the molecule is COC(=O)c1cc(NC(=O)Nc2ncccc2OCc2ccccc2)cc(C(=O)OC)c1. The largest absolute Gasteiger partial charge is 0.485 e. The average Bonchev–Trinajstić information content (AvgIpc) is 2.82. The van der Waals surface area contributed by atoms with E-state index in [1.54, 1.807) is 12.1 Å². The van der Waals surface area contributed by atoms with E-state index in [0.717, 1.165) is 5.56 Å². The standard InChI is InChI=1S/C23H21N3O6/c1-30-21(27)16-11-17(22(28)31-2)13-18(12-16)25-23(29)26-20-19(9-6-10-24-20)32-14-15-7-4-3-5-8-15/h3-13H,14H2,1-2H3,(H2,24,25,26,29). The fraction of sp³-hybridized carbons (Fsp3) is 0.130. The van der Waals surface area contributed by atoms with E-state index in [1.165, 1.54) is 38.6 Å². The van der Waals surface area contributed by atoms with Gasteiger partial charge < -0.3 is 19.5 Å². The van der Waals surface area contributed by atoms with Crippen LogP contribution in [0.3, 0.4) is 0 Å². The van der Waals surface area contributed by atoms with Crippen molar-refractivity contribution in [2.45, 2.75) is 6.61 Å². The van der Waals surface area contributed by atoms with Gasteiger partial charge in [0, 0.05) is 11.9 Å². The van der Waals surface area contributed by atoms with E-state index >= 15 is 0 Å². The summed E-state index contributed by atoms with van der Waals surface area (Å²) >= 11 is 0.